The van der Waals surface area contributed by atoms with Crippen molar-refractivity contribution in [1.82, 2.24) is 10.3 Å². The smallest absolute Gasteiger partial charge is 0.252 e. The highest BCUT2D eigenvalue weighted by molar-refractivity contribution is 6.00. The molecule has 2 atom stereocenters. The van der Waals surface area contributed by atoms with E-state index in [1.54, 1.807) is 11.9 Å². The number of hydrazone groups is 1. The lowest BCUT2D eigenvalue weighted by atomic mass is 10.1. The number of hydrogen-bond donors (Lipinski definition) is 3. The molecule has 0 aromatic heterocycles. The van der Waals surface area contributed by atoms with E-state index in [9.17, 15) is 4.79 Å². The van der Waals surface area contributed by atoms with Gasteiger partial charge in [0.25, 0.3) is 5.91 Å². The summed E-state index contributed by atoms with van der Waals surface area (Å²) in [7, 11) is 0. The van der Waals surface area contributed by atoms with Crippen molar-refractivity contribution in [2.75, 3.05) is 0 Å². The monoisotopic (exact) mass is 247 g/mol. The van der Waals surface area contributed by atoms with Gasteiger partial charge in [-0.3, -0.25) is 15.1 Å². The molecule has 1 amide bonds. The lowest BCUT2D eigenvalue weighted by molar-refractivity contribution is -0.127. The highest BCUT2D eigenvalue weighted by atomic mass is 16.2. The van der Waals surface area contributed by atoms with Crippen LogP contribution in [-0.2, 0) is 11.3 Å². The zero-order valence-electron chi connectivity index (χ0n) is 10.2. The van der Waals surface area contributed by atoms with Crippen LogP contribution in [0.15, 0.2) is 35.4 Å². The summed E-state index contributed by atoms with van der Waals surface area (Å²) in [6.07, 6.45) is 0. The molecule has 18 heavy (non-hydrogen) atoms. The molecule has 2 unspecified atom stereocenters. The van der Waals surface area contributed by atoms with E-state index < -0.39 is 6.04 Å². The van der Waals surface area contributed by atoms with E-state index >= 15 is 0 Å². The molecule has 1 heterocycles. The summed E-state index contributed by atoms with van der Waals surface area (Å²) in [5, 5.41) is 8.27. The molecule has 0 saturated heterocycles. The van der Waals surface area contributed by atoms with Crippen LogP contribution in [0.25, 0.3) is 0 Å². The maximum Gasteiger partial charge on any atom is 0.252 e. The van der Waals surface area contributed by atoms with Crippen LogP contribution in [0.1, 0.15) is 12.5 Å². The quantitative estimate of drug-likeness (QED) is 0.675. The Bertz CT molecular complexity index is 457. The third-order valence-electron chi connectivity index (χ3n) is 2.76. The first-order valence-electron chi connectivity index (χ1n) is 5.79. The maximum atomic E-state index is 11.9. The molecule has 0 spiro atoms. The van der Waals surface area contributed by atoms with Crippen LogP contribution < -0.4 is 16.8 Å². The van der Waals surface area contributed by atoms with Gasteiger partial charge in [0.05, 0.1) is 6.54 Å². The Morgan fingerprint density at radius 2 is 2.11 bits per heavy atom. The number of carbonyl (C=O) groups excluding carboxylic acids is 1. The molecule has 6 nitrogen and oxygen atoms in total. The van der Waals surface area contributed by atoms with E-state index in [-0.39, 0.29) is 17.9 Å². The first kappa shape index (κ1) is 12.4. The van der Waals surface area contributed by atoms with Gasteiger partial charge in [0.15, 0.2) is 0 Å². The van der Waals surface area contributed by atoms with Crippen molar-refractivity contribution in [3.8, 4) is 0 Å². The highest BCUT2D eigenvalue weighted by Crippen LogP contribution is 2.13. The van der Waals surface area contributed by atoms with E-state index in [2.05, 4.69) is 10.4 Å². The summed E-state index contributed by atoms with van der Waals surface area (Å²) in [6.45, 7) is 2.28. The van der Waals surface area contributed by atoms with Crippen molar-refractivity contribution in [2.45, 2.75) is 25.6 Å². The van der Waals surface area contributed by atoms with E-state index in [4.69, 9.17) is 11.5 Å². The zero-order chi connectivity index (χ0) is 13.1. The second kappa shape index (κ2) is 5.05. The summed E-state index contributed by atoms with van der Waals surface area (Å²) in [6, 6.07) is 8.92. The number of rotatable bonds is 3. The van der Waals surface area contributed by atoms with Crippen molar-refractivity contribution in [1.29, 1.82) is 0 Å². The van der Waals surface area contributed by atoms with Crippen LogP contribution in [0.3, 0.4) is 0 Å². The Hall–Kier alpha value is -2.08. The van der Waals surface area contributed by atoms with Gasteiger partial charge in [0.1, 0.15) is 6.04 Å². The third kappa shape index (κ3) is 2.60. The Morgan fingerprint density at radius 1 is 1.44 bits per heavy atom. The minimum absolute atomic E-state index is 0.104. The van der Waals surface area contributed by atoms with Gasteiger partial charge in [-0.2, -0.15) is 0 Å². The van der Waals surface area contributed by atoms with Crippen molar-refractivity contribution >= 4 is 11.9 Å². The predicted octanol–water partition coefficient (Wildman–Crippen LogP) is -0.436. The summed E-state index contributed by atoms with van der Waals surface area (Å²) in [4.78, 5) is 11.9. The molecule has 0 fully saturated rings. The lowest BCUT2D eigenvalue weighted by Gasteiger charge is -2.34. The molecular weight excluding hydrogens is 230 g/mol. The van der Waals surface area contributed by atoms with Crippen LogP contribution in [0.4, 0.5) is 0 Å². The molecule has 1 aromatic rings. The summed E-state index contributed by atoms with van der Waals surface area (Å²) >= 11 is 0. The molecule has 1 aromatic carbocycles. The minimum Gasteiger partial charge on any atom is -0.368 e. The first-order valence-corrected chi connectivity index (χ1v) is 5.79. The van der Waals surface area contributed by atoms with Crippen molar-refractivity contribution < 1.29 is 4.79 Å². The van der Waals surface area contributed by atoms with Crippen LogP contribution in [0, 0.1) is 0 Å². The van der Waals surface area contributed by atoms with Gasteiger partial charge in [-0.15, -0.1) is 5.10 Å². The molecule has 0 bridgehead atoms. The Kier molecular flexibility index (Phi) is 3.47. The average Bonchev–Trinajstić information content (AvgIpc) is 2.28. The van der Waals surface area contributed by atoms with Gasteiger partial charge in [0, 0.05) is 6.04 Å². The Balaban J connectivity index is 2.22. The summed E-state index contributed by atoms with van der Waals surface area (Å²) in [5.41, 5.74) is 12.5. The highest BCUT2D eigenvalue weighted by Gasteiger charge is 2.32. The number of guanidine groups is 1. The normalized spacial score (nSPS) is 21.2. The number of nitrogens with two attached hydrogens (primary N) is 2. The molecule has 0 radical (unpaired) electrons. The average molecular weight is 247 g/mol. The summed E-state index contributed by atoms with van der Waals surface area (Å²) in [5.74, 6) is -0.110. The number of nitrogens with one attached hydrogen (secondary N) is 1. The zero-order valence-corrected chi connectivity index (χ0v) is 10.2. The lowest BCUT2D eigenvalue weighted by Crippen LogP contribution is -2.60. The molecular formula is C12H17N5O. The van der Waals surface area contributed by atoms with Crippen molar-refractivity contribution in [3.05, 3.63) is 35.9 Å². The number of benzene rings is 1. The maximum absolute atomic E-state index is 11.9. The molecule has 0 saturated carbocycles. The van der Waals surface area contributed by atoms with Crippen LogP contribution >= 0.6 is 0 Å². The predicted molar refractivity (Wildman–Crippen MR) is 69.2 cm³/mol. The number of carbonyl (C=O) groups is 1. The second-order valence-electron chi connectivity index (χ2n) is 4.36. The Morgan fingerprint density at radius 3 is 2.72 bits per heavy atom. The molecule has 0 aliphatic carbocycles. The molecule has 1 aliphatic heterocycles. The van der Waals surface area contributed by atoms with Gasteiger partial charge >= 0.3 is 0 Å². The molecule has 5 N–H and O–H groups in total. The van der Waals surface area contributed by atoms with Crippen molar-refractivity contribution in [2.24, 2.45) is 16.6 Å². The fourth-order valence-electron chi connectivity index (χ4n) is 1.98. The van der Waals surface area contributed by atoms with Gasteiger partial charge in [-0.25, -0.2) is 0 Å². The topological polar surface area (TPSA) is 96.7 Å². The van der Waals surface area contributed by atoms with Gasteiger partial charge < -0.3 is 11.5 Å². The van der Waals surface area contributed by atoms with E-state index in [1.807, 2.05) is 30.3 Å². The van der Waals surface area contributed by atoms with Gasteiger partial charge in [0.2, 0.25) is 5.96 Å². The van der Waals surface area contributed by atoms with Crippen LogP contribution in [-0.4, -0.2) is 29.0 Å². The van der Waals surface area contributed by atoms with E-state index in [0.717, 1.165) is 5.56 Å². The SMILES string of the molecule is CC(N)C1C(=O)NC(N)=NN1Cc1ccccc1. The van der Waals surface area contributed by atoms with E-state index in [0.29, 0.717) is 6.54 Å². The first-order chi connectivity index (χ1) is 8.58. The second-order valence-corrected chi connectivity index (χ2v) is 4.36. The van der Waals surface area contributed by atoms with Crippen LogP contribution in [0.2, 0.25) is 0 Å². The fraction of sp³-hybridized carbons (Fsp3) is 0.333. The number of amides is 1. The van der Waals surface area contributed by atoms with Crippen LogP contribution in [0.5, 0.6) is 0 Å². The molecule has 1 aliphatic rings. The molecule has 96 valence electrons. The number of hydrogen-bond acceptors (Lipinski definition) is 5. The van der Waals surface area contributed by atoms with E-state index in [1.165, 1.54) is 0 Å². The van der Waals surface area contributed by atoms with Crippen molar-refractivity contribution in [3.63, 3.8) is 0 Å². The molecule has 2 rings (SSSR count). The molecule has 6 heteroatoms. The fourth-order valence-corrected chi connectivity index (χ4v) is 1.98. The third-order valence-corrected chi connectivity index (χ3v) is 2.76. The number of nitrogens with zero attached hydrogens (tertiary/aromatic N) is 2. The Labute approximate surface area is 106 Å². The summed E-state index contributed by atoms with van der Waals surface area (Å²) < 4.78 is 0. The largest absolute Gasteiger partial charge is 0.368 e. The van der Waals surface area contributed by atoms with Gasteiger partial charge in [-0.1, -0.05) is 30.3 Å². The van der Waals surface area contributed by atoms with Gasteiger partial charge in [-0.05, 0) is 12.5 Å². The minimum atomic E-state index is -0.502. The standard InChI is InChI=1S/C12H17N5O/c1-8(13)10-11(18)15-12(14)16-17(10)7-9-5-3-2-4-6-9/h2-6,8,10H,7,13H2,1H3,(H3,14,15,16,18).